The van der Waals surface area contributed by atoms with E-state index in [4.69, 9.17) is 9.47 Å². The van der Waals surface area contributed by atoms with E-state index >= 15 is 0 Å². The van der Waals surface area contributed by atoms with Gasteiger partial charge in [0, 0.05) is 22.1 Å². The number of amides is 1. The number of hydrogen-bond acceptors (Lipinski definition) is 5. The molecule has 0 fully saturated rings. The van der Waals surface area contributed by atoms with Crippen molar-refractivity contribution in [2.45, 2.75) is 31.8 Å². The maximum absolute atomic E-state index is 13.2. The Hall–Kier alpha value is -2.38. The minimum absolute atomic E-state index is 0.340. The van der Waals surface area contributed by atoms with Gasteiger partial charge in [0.25, 0.3) is 5.91 Å². The average Bonchev–Trinajstić information content (AvgIpc) is 2.92. The fourth-order valence-electron chi connectivity index (χ4n) is 3.58. The van der Waals surface area contributed by atoms with Crippen LogP contribution in [0.3, 0.4) is 0 Å². The van der Waals surface area contributed by atoms with Gasteiger partial charge in [-0.05, 0) is 42.8 Å². The van der Waals surface area contributed by atoms with Gasteiger partial charge in [-0.3, -0.25) is 9.59 Å². The summed E-state index contributed by atoms with van der Waals surface area (Å²) in [7, 11) is 3.00. The lowest BCUT2D eigenvalue weighted by Crippen LogP contribution is -2.42. The normalized spacial score (nSPS) is 18.0. The molecule has 0 radical (unpaired) electrons. The molecule has 0 spiro atoms. The summed E-state index contributed by atoms with van der Waals surface area (Å²) in [5, 5.41) is 11.4. The summed E-state index contributed by atoms with van der Waals surface area (Å²) in [5.41, 5.74) is -0.472. The number of ether oxygens (including phenoxy) is 2. The van der Waals surface area contributed by atoms with Gasteiger partial charge in [-0.25, -0.2) is 0 Å². The van der Waals surface area contributed by atoms with Crippen molar-refractivity contribution >= 4 is 33.3 Å². The molecule has 1 aliphatic rings. The first-order valence-corrected chi connectivity index (χ1v) is 10.2. The number of nitrogens with zero attached hydrogens (tertiary/aromatic N) is 1. The second-order valence-electron chi connectivity index (χ2n) is 7.00. The summed E-state index contributed by atoms with van der Waals surface area (Å²) >= 11 is 3.40. The molecule has 3 rings (SSSR count). The Labute approximate surface area is 178 Å². The SMILES string of the molecule is CCCCN1C(=O)C(O)(CC(=O)c2ccc(OC)c(OC)c2)c2cc(Br)ccc21. The Morgan fingerprint density at radius 3 is 2.52 bits per heavy atom. The molecule has 1 unspecified atom stereocenters. The molecule has 0 saturated carbocycles. The molecule has 0 aliphatic carbocycles. The number of anilines is 1. The first kappa shape index (κ1) is 21.3. The minimum Gasteiger partial charge on any atom is -0.493 e. The Morgan fingerprint density at radius 1 is 1.14 bits per heavy atom. The number of Topliss-reactive ketones (excluding diaryl/α,β-unsaturated/α-hetero) is 1. The van der Waals surface area contributed by atoms with Crippen LogP contribution >= 0.6 is 15.9 Å². The number of rotatable bonds is 8. The number of hydrogen-bond donors (Lipinski definition) is 1. The minimum atomic E-state index is -1.91. The Balaban J connectivity index is 1.96. The number of aliphatic hydroxyl groups is 1. The van der Waals surface area contributed by atoms with E-state index in [-0.39, 0.29) is 12.2 Å². The van der Waals surface area contributed by atoms with E-state index in [2.05, 4.69) is 15.9 Å². The second kappa shape index (κ2) is 8.55. The van der Waals surface area contributed by atoms with Gasteiger partial charge in [0.15, 0.2) is 22.9 Å². The van der Waals surface area contributed by atoms with Crippen molar-refractivity contribution < 1.29 is 24.2 Å². The van der Waals surface area contributed by atoms with Gasteiger partial charge in [-0.1, -0.05) is 29.3 Å². The molecule has 0 bridgehead atoms. The zero-order chi connectivity index (χ0) is 21.2. The number of halogens is 1. The van der Waals surface area contributed by atoms with Crippen molar-refractivity contribution in [1.29, 1.82) is 0 Å². The van der Waals surface area contributed by atoms with E-state index in [1.165, 1.54) is 14.2 Å². The van der Waals surface area contributed by atoms with Crippen LogP contribution in [-0.2, 0) is 10.4 Å². The molecule has 1 amide bonds. The van der Waals surface area contributed by atoms with Gasteiger partial charge in [-0.15, -0.1) is 0 Å². The largest absolute Gasteiger partial charge is 0.493 e. The van der Waals surface area contributed by atoms with Gasteiger partial charge in [-0.2, -0.15) is 0 Å². The number of unbranched alkanes of at least 4 members (excludes halogenated alkanes) is 1. The Bertz CT molecular complexity index is 945. The second-order valence-corrected chi connectivity index (χ2v) is 7.92. The van der Waals surface area contributed by atoms with Crippen molar-refractivity contribution in [3.63, 3.8) is 0 Å². The third-order valence-electron chi connectivity index (χ3n) is 5.15. The van der Waals surface area contributed by atoms with E-state index in [0.717, 1.165) is 17.3 Å². The lowest BCUT2D eigenvalue weighted by atomic mass is 9.88. The van der Waals surface area contributed by atoms with Crippen molar-refractivity contribution in [3.05, 3.63) is 52.0 Å². The highest BCUT2D eigenvalue weighted by Crippen LogP contribution is 2.44. The molecule has 1 N–H and O–H groups in total. The van der Waals surface area contributed by atoms with Crippen LogP contribution in [0.25, 0.3) is 0 Å². The van der Waals surface area contributed by atoms with Gasteiger partial charge < -0.3 is 19.5 Å². The first-order valence-electron chi connectivity index (χ1n) is 9.45. The Kier molecular flexibility index (Phi) is 6.29. The highest BCUT2D eigenvalue weighted by atomic mass is 79.9. The van der Waals surface area contributed by atoms with Crippen LogP contribution in [0.15, 0.2) is 40.9 Å². The van der Waals surface area contributed by atoms with E-state index < -0.39 is 11.5 Å². The van der Waals surface area contributed by atoms with Gasteiger partial charge >= 0.3 is 0 Å². The van der Waals surface area contributed by atoms with E-state index in [1.807, 2.05) is 13.0 Å². The topological polar surface area (TPSA) is 76.1 Å². The lowest BCUT2D eigenvalue weighted by molar-refractivity contribution is -0.135. The van der Waals surface area contributed by atoms with Crippen LogP contribution in [0.4, 0.5) is 5.69 Å². The number of fused-ring (bicyclic) bond motifs is 1. The third kappa shape index (κ3) is 3.89. The highest BCUT2D eigenvalue weighted by Gasteiger charge is 2.50. The predicted molar refractivity (Wildman–Crippen MR) is 114 cm³/mol. The lowest BCUT2D eigenvalue weighted by Gasteiger charge is -2.23. The molecule has 0 aromatic heterocycles. The summed E-state index contributed by atoms with van der Waals surface area (Å²) in [5.74, 6) is 0.0912. The molecular formula is C22H24BrNO5. The standard InChI is InChI=1S/C22H24BrNO5/c1-4-5-10-24-17-8-7-15(23)12-16(17)22(27,21(24)26)13-18(25)14-6-9-19(28-2)20(11-14)29-3/h6-9,11-12,27H,4-5,10,13H2,1-3H3. The number of ketones is 1. The van der Waals surface area contributed by atoms with Crippen molar-refractivity contribution in [2.75, 3.05) is 25.7 Å². The molecular weight excluding hydrogens is 438 g/mol. The number of carbonyl (C=O) groups excluding carboxylic acids is 2. The molecule has 0 saturated heterocycles. The summed E-state index contributed by atoms with van der Waals surface area (Å²) < 4.78 is 11.2. The van der Waals surface area contributed by atoms with Crippen LogP contribution in [0.1, 0.15) is 42.1 Å². The molecule has 2 aromatic carbocycles. The van der Waals surface area contributed by atoms with Crippen LogP contribution in [0.2, 0.25) is 0 Å². The number of carbonyl (C=O) groups is 2. The van der Waals surface area contributed by atoms with Crippen LogP contribution in [0, 0.1) is 0 Å². The maximum atomic E-state index is 13.2. The van der Waals surface area contributed by atoms with Gasteiger partial charge in [0.2, 0.25) is 0 Å². The first-order chi connectivity index (χ1) is 13.8. The van der Waals surface area contributed by atoms with E-state index in [0.29, 0.717) is 34.9 Å². The zero-order valence-electron chi connectivity index (χ0n) is 16.7. The Morgan fingerprint density at radius 2 is 1.86 bits per heavy atom. The molecule has 6 nitrogen and oxygen atoms in total. The fraction of sp³-hybridized carbons (Fsp3) is 0.364. The van der Waals surface area contributed by atoms with Crippen LogP contribution < -0.4 is 14.4 Å². The smallest absolute Gasteiger partial charge is 0.264 e. The molecule has 2 aromatic rings. The average molecular weight is 462 g/mol. The fourth-order valence-corrected chi connectivity index (χ4v) is 3.94. The summed E-state index contributed by atoms with van der Waals surface area (Å²) in [6.07, 6.45) is 1.37. The molecule has 1 aliphatic heterocycles. The third-order valence-corrected chi connectivity index (χ3v) is 5.64. The van der Waals surface area contributed by atoms with Gasteiger partial charge in [0.1, 0.15) is 0 Å². The van der Waals surface area contributed by atoms with Crippen LogP contribution in [-0.4, -0.2) is 37.6 Å². The van der Waals surface area contributed by atoms with Gasteiger partial charge in [0.05, 0.1) is 26.3 Å². The van der Waals surface area contributed by atoms with Crippen LogP contribution in [0.5, 0.6) is 11.5 Å². The summed E-state index contributed by atoms with van der Waals surface area (Å²) in [6.45, 7) is 2.53. The monoisotopic (exact) mass is 461 g/mol. The molecule has 7 heteroatoms. The van der Waals surface area contributed by atoms with E-state index in [1.54, 1.807) is 35.2 Å². The number of benzene rings is 2. The number of methoxy groups -OCH3 is 2. The molecule has 154 valence electrons. The summed E-state index contributed by atoms with van der Waals surface area (Å²) in [4.78, 5) is 27.7. The quantitative estimate of drug-likeness (QED) is 0.599. The maximum Gasteiger partial charge on any atom is 0.264 e. The van der Waals surface area contributed by atoms with E-state index in [9.17, 15) is 14.7 Å². The summed E-state index contributed by atoms with van der Waals surface area (Å²) in [6, 6.07) is 10.1. The molecule has 1 heterocycles. The highest BCUT2D eigenvalue weighted by molar-refractivity contribution is 9.10. The zero-order valence-corrected chi connectivity index (χ0v) is 18.3. The van der Waals surface area contributed by atoms with Crippen molar-refractivity contribution in [3.8, 4) is 11.5 Å². The predicted octanol–water partition coefficient (Wildman–Crippen LogP) is 4.07. The molecule has 29 heavy (non-hydrogen) atoms. The van der Waals surface area contributed by atoms with Crippen molar-refractivity contribution in [1.82, 2.24) is 0 Å². The molecule has 1 atom stereocenters. The van der Waals surface area contributed by atoms with Crippen molar-refractivity contribution in [2.24, 2.45) is 0 Å².